The molecular weight excluding hydrogens is 408 g/mol. The lowest BCUT2D eigenvalue weighted by Crippen LogP contribution is -2.58. The average molecular weight is 432 g/mol. The van der Waals surface area contributed by atoms with Crippen molar-refractivity contribution >= 4 is 18.5 Å². The average Bonchev–Trinajstić information content (AvgIpc) is 2.86. The Balaban J connectivity index is 1.78. The third-order valence-electron chi connectivity index (χ3n) is 4.86. The Kier molecular flexibility index (Phi) is 7.59. The zero-order valence-corrected chi connectivity index (χ0v) is 17.6. The summed E-state index contributed by atoms with van der Waals surface area (Å²) in [4.78, 5) is 37.6. The Morgan fingerprint density at radius 1 is 0.812 bits per heavy atom. The summed E-state index contributed by atoms with van der Waals surface area (Å²) in [5.74, 6) is 0. The molecule has 1 N–H and O–H groups in total. The number of carbonyl (C=O) groups excluding carboxylic acids is 3. The molecule has 1 unspecified atom stereocenters. The molecule has 3 aromatic carbocycles. The molecule has 0 saturated carbocycles. The quantitative estimate of drug-likeness (QED) is 0.436. The number of rotatable bonds is 7. The number of amides is 2. The molecule has 1 atom stereocenters. The number of benzene rings is 3. The first kappa shape index (κ1) is 22.6. The van der Waals surface area contributed by atoms with E-state index in [0.717, 1.165) is 16.1 Å². The van der Waals surface area contributed by atoms with Gasteiger partial charge in [0, 0.05) is 0 Å². The number of hydrogen-bond donors (Lipinski definition) is 1. The van der Waals surface area contributed by atoms with Crippen LogP contribution in [0.3, 0.4) is 0 Å². The van der Waals surface area contributed by atoms with Crippen LogP contribution in [0.2, 0.25) is 0 Å². The molecular formula is C25H24N2O5. The Morgan fingerprint density at radius 2 is 1.28 bits per heavy atom. The molecule has 7 heteroatoms. The minimum atomic E-state index is -1.53. The lowest BCUT2D eigenvalue weighted by molar-refractivity contribution is -0.119. The molecule has 7 nitrogen and oxygen atoms in total. The summed E-state index contributed by atoms with van der Waals surface area (Å²) in [6.45, 7) is 1.49. The first-order chi connectivity index (χ1) is 15.5. The van der Waals surface area contributed by atoms with Crippen molar-refractivity contribution in [2.75, 3.05) is 0 Å². The van der Waals surface area contributed by atoms with Crippen molar-refractivity contribution in [3.8, 4) is 0 Å². The van der Waals surface area contributed by atoms with Crippen LogP contribution in [0.25, 0.3) is 0 Å². The number of aldehydes is 1. The van der Waals surface area contributed by atoms with Crippen molar-refractivity contribution in [2.24, 2.45) is 0 Å². The minimum absolute atomic E-state index is 0.00270. The van der Waals surface area contributed by atoms with Crippen LogP contribution < -0.4 is 5.43 Å². The van der Waals surface area contributed by atoms with Crippen LogP contribution in [0, 0.1) is 0 Å². The molecule has 0 spiro atoms. The molecule has 0 bridgehead atoms. The van der Waals surface area contributed by atoms with Crippen molar-refractivity contribution in [1.82, 2.24) is 10.4 Å². The van der Waals surface area contributed by atoms with Gasteiger partial charge in [0.05, 0.1) is 0 Å². The lowest BCUT2D eigenvalue weighted by Gasteiger charge is -2.35. The number of nitrogens with one attached hydrogen (secondary N) is 1. The Bertz CT molecular complexity index is 1030. The Morgan fingerprint density at radius 3 is 1.78 bits per heavy atom. The van der Waals surface area contributed by atoms with Gasteiger partial charge in [0.1, 0.15) is 18.8 Å². The molecule has 0 radical (unpaired) electrons. The van der Waals surface area contributed by atoms with Gasteiger partial charge in [-0.05, 0) is 23.6 Å². The number of hydrazine groups is 1. The molecule has 3 aromatic rings. The topological polar surface area (TPSA) is 84.9 Å². The molecule has 2 amide bonds. The summed E-state index contributed by atoms with van der Waals surface area (Å²) in [5, 5.41) is 0.853. The first-order valence-electron chi connectivity index (χ1n) is 10.0. The first-order valence-corrected chi connectivity index (χ1v) is 10.0. The molecule has 3 rings (SSSR count). The van der Waals surface area contributed by atoms with E-state index in [1.807, 2.05) is 36.4 Å². The second-order valence-corrected chi connectivity index (χ2v) is 7.18. The van der Waals surface area contributed by atoms with Crippen LogP contribution in [0.1, 0.15) is 23.6 Å². The molecule has 0 aliphatic rings. The highest BCUT2D eigenvalue weighted by molar-refractivity contribution is 5.80. The fourth-order valence-corrected chi connectivity index (χ4v) is 3.01. The highest BCUT2D eigenvalue weighted by atomic mass is 16.6. The largest absolute Gasteiger partial charge is 0.443 e. The molecule has 0 aliphatic carbocycles. The zero-order chi connectivity index (χ0) is 22.8. The van der Waals surface area contributed by atoms with Crippen LogP contribution in [0.15, 0.2) is 91.0 Å². The van der Waals surface area contributed by atoms with Crippen molar-refractivity contribution in [3.63, 3.8) is 0 Å². The van der Waals surface area contributed by atoms with Crippen LogP contribution in [0.5, 0.6) is 0 Å². The van der Waals surface area contributed by atoms with Gasteiger partial charge in [-0.25, -0.2) is 15.0 Å². The maximum absolute atomic E-state index is 13.0. The van der Waals surface area contributed by atoms with Gasteiger partial charge in [-0.2, -0.15) is 5.01 Å². The lowest BCUT2D eigenvalue weighted by atomic mass is 9.93. The summed E-state index contributed by atoms with van der Waals surface area (Å²) in [5.41, 5.74) is 2.89. The van der Waals surface area contributed by atoms with E-state index in [0.29, 0.717) is 11.8 Å². The van der Waals surface area contributed by atoms with Crippen molar-refractivity contribution in [1.29, 1.82) is 0 Å². The van der Waals surface area contributed by atoms with E-state index in [9.17, 15) is 14.4 Å². The van der Waals surface area contributed by atoms with Gasteiger partial charge < -0.3 is 14.3 Å². The van der Waals surface area contributed by atoms with Gasteiger partial charge in [-0.1, -0.05) is 91.0 Å². The second kappa shape index (κ2) is 10.8. The van der Waals surface area contributed by atoms with Gasteiger partial charge in [-0.15, -0.1) is 0 Å². The highest BCUT2D eigenvalue weighted by Gasteiger charge is 2.40. The van der Waals surface area contributed by atoms with Crippen molar-refractivity contribution < 1.29 is 23.9 Å². The minimum Gasteiger partial charge on any atom is -0.443 e. The van der Waals surface area contributed by atoms with Crippen LogP contribution in [0.4, 0.5) is 9.59 Å². The summed E-state index contributed by atoms with van der Waals surface area (Å²) < 4.78 is 10.6. The van der Waals surface area contributed by atoms with Crippen LogP contribution in [-0.2, 0) is 33.0 Å². The summed E-state index contributed by atoms with van der Waals surface area (Å²) >= 11 is 0. The molecule has 0 heterocycles. The Hall–Kier alpha value is -4.13. The normalized spacial score (nSPS) is 12.2. The SMILES string of the molecule is CC(C=O)(c1ccccc1)N(NC(=O)OCc1ccccc1)C(=O)OCc1ccccc1. The smallest absolute Gasteiger partial charge is 0.430 e. The van der Waals surface area contributed by atoms with E-state index in [1.54, 1.807) is 54.6 Å². The number of ether oxygens (including phenoxy) is 2. The summed E-state index contributed by atoms with van der Waals surface area (Å²) in [6.07, 6.45) is -1.22. The monoisotopic (exact) mass is 432 g/mol. The van der Waals surface area contributed by atoms with Gasteiger partial charge in [0.2, 0.25) is 0 Å². The fourth-order valence-electron chi connectivity index (χ4n) is 3.01. The fraction of sp³-hybridized carbons (Fsp3) is 0.160. The van der Waals surface area contributed by atoms with Crippen LogP contribution >= 0.6 is 0 Å². The molecule has 0 fully saturated rings. The van der Waals surface area contributed by atoms with Gasteiger partial charge in [0.15, 0.2) is 6.29 Å². The van der Waals surface area contributed by atoms with Crippen LogP contribution in [-0.4, -0.2) is 23.5 Å². The summed E-state index contributed by atoms with van der Waals surface area (Å²) in [6, 6.07) is 26.8. The van der Waals surface area contributed by atoms with Gasteiger partial charge >= 0.3 is 12.2 Å². The number of hydrogen-bond acceptors (Lipinski definition) is 5. The second-order valence-electron chi connectivity index (χ2n) is 7.18. The third-order valence-corrected chi connectivity index (χ3v) is 4.86. The van der Waals surface area contributed by atoms with E-state index in [4.69, 9.17) is 9.47 Å². The molecule has 0 aliphatic heterocycles. The predicted octanol–water partition coefficient (Wildman–Crippen LogP) is 4.58. The molecule has 0 aromatic heterocycles. The number of carbonyl (C=O) groups is 3. The van der Waals surface area contributed by atoms with Gasteiger partial charge in [0.25, 0.3) is 0 Å². The van der Waals surface area contributed by atoms with Crippen molar-refractivity contribution in [3.05, 3.63) is 108 Å². The predicted molar refractivity (Wildman–Crippen MR) is 118 cm³/mol. The van der Waals surface area contributed by atoms with Gasteiger partial charge in [-0.3, -0.25) is 0 Å². The van der Waals surface area contributed by atoms with E-state index in [1.165, 1.54) is 6.92 Å². The molecule has 164 valence electrons. The van der Waals surface area contributed by atoms with E-state index < -0.39 is 17.7 Å². The highest BCUT2D eigenvalue weighted by Crippen LogP contribution is 2.26. The molecule has 0 saturated heterocycles. The molecule has 32 heavy (non-hydrogen) atoms. The number of nitrogens with zero attached hydrogens (tertiary/aromatic N) is 1. The van der Waals surface area contributed by atoms with Crippen molar-refractivity contribution in [2.45, 2.75) is 25.7 Å². The maximum atomic E-state index is 13.0. The maximum Gasteiger partial charge on any atom is 0.430 e. The van der Waals surface area contributed by atoms with E-state index in [2.05, 4.69) is 5.43 Å². The Labute approximate surface area is 186 Å². The van der Waals surface area contributed by atoms with E-state index in [-0.39, 0.29) is 13.2 Å². The van der Waals surface area contributed by atoms with E-state index >= 15 is 0 Å². The summed E-state index contributed by atoms with van der Waals surface area (Å²) in [7, 11) is 0. The zero-order valence-electron chi connectivity index (χ0n) is 17.6. The third kappa shape index (κ3) is 5.72. The standard InChI is InChI=1S/C25H24N2O5/c1-25(19-28,22-15-9-4-10-16-22)27(24(30)32-18-21-13-7-3-8-14-21)26-23(29)31-17-20-11-5-2-6-12-20/h2-16,19H,17-18H2,1H3,(H,26,29).